The molecule has 1 rings (SSSR count). The van der Waals surface area contributed by atoms with Crippen LogP contribution in [0.1, 0.15) is 99.0 Å². The fourth-order valence-corrected chi connectivity index (χ4v) is 2.06. The van der Waals surface area contributed by atoms with E-state index in [4.69, 9.17) is 0 Å². The molecule has 0 aliphatic heterocycles. The molecule has 0 saturated heterocycles. The van der Waals surface area contributed by atoms with Gasteiger partial charge in [0.2, 0.25) is 0 Å². The summed E-state index contributed by atoms with van der Waals surface area (Å²) in [6.07, 6.45) is 13.8. The Hall–Kier alpha value is -0.780. The highest BCUT2D eigenvalue weighted by molar-refractivity contribution is 5.14. The number of benzene rings is 1. The molecule has 0 aliphatic rings. The Bertz CT molecular complexity index is 244. The molecule has 0 bridgehead atoms. The molecular formula is C21H42. The van der Waals surface area contributed by atoms with E-state index in [9.17, 15) is 0 Å². The van der Waals surface area contributed by atoms with Gasteiger partial charge in [-0.15, -0.1) is 0 Å². The largest absolute Gasteiger partial charge is 0.0776 e. The zero-order chi connectivity index (χ0) is 14.2. The van der Waals surface area contributed by atoms with E-state index in [2.05, 4.69) is 51.1 Å². The maximum Gasteiger partial charge on any atom is -0.0279 e. The molecule has 0 fully saturated rings. The molecule has 126 valence electrons. The minimum Gasteiger partial charge on any atom is -0.0776 e. The standard InChI is InChI=1S/C10H14.C9H20.2CH4/c1-2-3-7-10-8-5-4-6-9-10;1-3-5-7-9-8-6-4-2;;/h4-6,8-9H,2-3,7H2,1H3;3-9H2,1-2H3;2*1H4. The van der Waals surface area contributed by atoms with Gasteiger partial charge in [0.1, 0.15) is 0 Å². The summed E-state index contributed by atoms with van der Waals surface area (Å²) in [6.45, 7) is 6.75. The van der Waals surface area contributed by atoms with E-state index in [1.54, 1.807) is 0 Å². The minimum atomic E-state index is 0. The molecule has 1 aromatic rings. The molecule has 0 heteroatoms. The van der Waals surface area contributed by atoms with Gasteiger partial charge in [-0.3, -0.25) is 0 Å². The summed E-state index contributed by atoms with van der Waals surface area (Å²) >= 11 is 0. The third kappa shape index (κ3) is 19.2. The Kier molecular flexibility index (Phi) is 25.8. The van der Waals surface area contributed by atoms with Crippen LogP contribution in [0.25, 0.3) is 0 Å². The molecule has 0 heterocycles. The first kappa shape index (κ1) is 25.2. The van der Waals surface area contributed by atoms with E-state index in [1.165, 1.54) is 69.8 Å². The minimum absolute atomic E-state index is 0. The third-order valence-electron chi connectivity index (χ3n) is 3.37. The van der Waals surface area contributed by atoms with Crippen LogP contribution in [0.15, 0.2) is 30.3 Å². The third-order valence-corrected chi connectivity index (χ3v) is 3.37. The topological polar surface area (TPSA) is 0 Å². The van der Waals surface area contributed by atoms with E-state index in [0.717, 1.165) is 0 Å². The van der Waals surface area contributed by atoms with Crippen molar-refractivity contribution >= 4 is 0 Å². The van der Waals surface area contributed by atoms with Crippen molar-refractivity contribution in [1.29, 1.82) is 0 Å². The van der Waals surface area contributed by atoms with Crippen molar-refractivity contribution in [3.8, 4) is 0 Å². The van der Waals surface area contributed by atoms with Gasteiger partial charge in [0, 0.05) is 0 Å². The summed E-state index contributed by atoms with van der Waals surface area (Å²) in [6, 6.07) is 10.6. The second-order valence-corrected chi connectivity index (χ2v) is 5.36. The first-order valence-corrected chi connectivity index (χ1v) is 8.39. The average molecular weight is 295 g/mol. The SMILES string of the molecule is C.C.CCCCCCCCC.CCCCc1ccccc1. The molecule has 1 aromatic carbocycles. The Balaban J connectivity index is -0.000000284. The normalized spacial score (nSPS) is 8.90. The molecule has 0 spiro atoms. The zero-order valence-electron chi connectivity index (χ0n) is 13.5. The van der Waals surface area contributed by atoms with Crippen molar-refractivity contribution in [3.05, 3.63) is 35.9 Å². The molecule has 0 saturated carbocycles. The number of hydrogen-bond donors (Lipinski definition) is 0. The van der Waals surface area contributed by atoms with Crippen LogP contribution >= 0.6 is 0 Å². The van der Waals surface area contributed by atoms with Crippen molar-refractivity contribution in [1.82, 2.24) is 0 Å². The highest BCUT2D eigenvalue weighted by Gasteiger charge is 1.87. The Labute approximate surface area is 136 Å². The van der Waals surface area contributed by atoms with Gasteiger partial charge in [-0.2, -0.15) is 0 Å². The van der Waals surface area contributed by atoms with Crippen LogP contribution in [-0.2, 0) is 6.42 Å². The lowest BCUT2D eigenvalue weighted by Crippen LogP contribution is -1.81. The highest BCUT2D eigenvalue weighted by Crippen LogP contribution is 2.05. The van der Waals surface area contributed by atoms with E-state index < -0.39 is 0 Å². The maximum absolute atomic E-state index is 2.26. The summed E-state index contributed by atoms with van der Waals surface area (Å²) in [5.41, 5.74) is 1.46. The van der Waals surface area contributed by atoms with Crippen LogP contribution in [-0.4, -0.2) is 0 Å². The Morgan fingerprint density at radius 3 is 1.43 bits per heavy atom. The van der Waals surface area contributed by atoms with E-state index in [-0.39, 0.29) is 14.9 Å². The Morgan fingerprint density at radius 1 is 0.571 bits per heavy atom. The van der Waals surface area contributed by atoms with Crippen LogP contribution in [0.5, 0.6) is 0 Å². The molecule has 0 nitrogen and oxygen atoms in total. The van der Waals surface area contributed by atoms with Gasteiger partial charge < -0.3 is 0 Å². The number of rotatable bonds is 9. The molecule has 0 N–H and O–H groups in total. The van der Waals surface area contributed by atoms with Crippen LogP contribution in [0, 0.1) is 0 Å². The van der Waals surface area contributed by atoms with Gasteiger partial charge in [-0.1, -0.05) is 117 Å². The lowest BCUT2D eigenvalue weighted by molar-refractivity contribution is 0.602. The predicted octanol–water partition coefficient (Wildman–Crippen LogP) is 8.06. The van der Waals surface area contributed by atoms with Crippen molar-refractivity contribution < 1.29 is 0 Å². The lowest BCUT2D eigenvalue weighted by Gasteiger charge is -1.96. The van der Waals surface area contributed by atoms with Crippen LogP contribution in [0.4, 0.5) is 0 Å². The van der Waals surface area contributed by atoms with E-state index in [0.29, 0.717) is 0 Å². The summed E-state index contributed by atoms with van der Waals surface area (Å²) in [7, 11) is 0. The van der Waals surface area contributed by atoms with Crippen molar-refractivity contribution in [2.45, 2.75) is 99.8 Å². The first-order valence-electron chi connectivity index (χ1n) is 8.39. The monoisotopic (exact) mass is 294 g/mol. The second kappa shape index (κ2) is 21.5. The van der Waals surface area contributed by atoms with Crippen molar-refractivity contribution in [2.75, 3.05) is 0 Å². The number of hydrogen-bond acceptors (Lipinski definition) is 0. The molecule has 0 atom stereocenters. The van der Waals surface area contributed by atoms with Gasteiger partial charge >= 0.3 is 0 Å². The summed E-state index contributed by atoms with van der Waals surface area (Å²) < 4.78 is 0. The molecular weight excluding hydrogens is 252 g/mol. The van der Waals surface area contributed by atoms with Crippen LogP contribution in [0.2, 0.25) is 0 Å². The first-order chi connectivity index (χ1) is 9.35. The maximum atomic E-state index is 2.26. The van der Waals surface area contributed by atoms with Gasteiger partial charge in [0.05, 0.1) is 0 Å². The quantitative estimate of drug-likeness (QED) is 0.404. The molecule has 0 unspecified atom stereocenters. The smallest absolute Gasteiger partial charge is 0.0279 e. The average Bonchev–Trinajstić information content (AvgIpc) is 2.47. The number of unbranched alkanes of at least 4 members (excludes halogenated alkanes) is 7. The second-order valence-electron chi connectivity index (χ2n) is 5.36. The van der Waals surface area contributed by atoms with Gasteiger partial charge in [0.25, 0.3) is 0 Å². The summed E-state index contributed by atoms with van der Waals surface area (Å²) in [4.78, 5) is 0. The predicted molar refractivity (Wildman–Crippen MR) is 102 cm³/mol. The van der Waals surface area contributed by atoms with Crippen LogP contribution in [0.3, 0.4) is 0 Å². The Morgan fingerprint density at radius 2 is 1.00 bits per heavy atom. The van der Waals surface area contributed by atoms with Gasteiger partial charge in [-0.25, -0.2) is 0 Å². The fraction of sp³-hybridized carbons (Fsp3) is 0.714. The van der Waals surface area contributed by atoms with Crippen molar-refractivity contribution in [2.24, 2.45) is 0 Å². The molecule has 21 heavy (non-hydrogen) atoms. The summed E-state index contributed by atoms with van der Waals surface area (Å²) in [5.74, 6) is 0. The highest BCUT2D eigenvalue weighted by atomic mass is 13.9. The van der Waals surface area contributed by atoms with Gasteiger partial charge in [-0.05, 0) is 18.4 Å². The van der Waals surface area contributed by atoms with E-state index in [1.807, 2.05) is 0 Å². The molecule has 0 radical (unpaired) electrons. The van der Waals surface area contributed by atoms with Crippen molar-refractivity contribution in [3.63, 3.8) is 0 Å². The molecule has 0 aromatic heterocycles. The van der Waals surface area contributed by atoms with Gasteiger partial charge in [0.15, 0.2) is 0 Å². The van der Waals surface area contributed by atoms with E-state index >= 15 is 0 Å². The lowest BCUT2D eigenvalue weighted by atomic mass is 10.1. The molecule has 0 aliphatic carbocycles. The molecule has 0 amide bonds. The fourth-order valence-electron chi connectivity index (χ4n) is 2.06. The number of aryl methyl sites for hydroxylation is 1. The zero-order valence-corrected chi connectivity index (χ0v) is 13.5. The van der Waals surface area contributed by atoms with Crippen LogP contribution < -0.4 is 0 Å². The summed E-state index contributed by atoms with van der Waals surface area (Å²) in [5, 5.41) is 0.